The van der Waals surface area contributed by atoms with Crippen LogP contribution in [0.1, 0.15) is 22.7 Å². The lowest BCUT2D eigenvalue weighted by Gasteiger charge is -2.16. The van der Waals surface area contributed by atoms with Gasteiger partial charge in [-0.25, -0.2) is 0 Å². The van der Waals surface area contributed by atoms with Crippen LogP contribution in [0.5, 0.6) is 0 Å². The highest BCUT2D eigenvalue weighted by Gasteiger charge is 2.31. The van der Waals surface area contributed by atoms with Crippen molar-refractivity contribution >= 4 is 11.6 Å². The van der Waals surface area contributed by atoms with Gasteiger partial charge in [0.05, 0.1) is 0 Å². The summed E-state index contributed by atoms with van der Waals surface area (Å²) in [6, 6.07) is 3.95. The Morgan fingerprint density at radius 1 is 1.33 bits per heavy atom. The molecule has 1 atom stereocenters. The summed E-state index contributed by atoms with van der Waals surface area (Å²) in [7, 11) is 4.05. The first-order valence-electron chi connectivity index (χ1n) is 6.29. The van der Waals surface area contributed by atoms with Gasteiger partial charge in [0.25, 0.3) is 0 Å². The fourth-order valence-electron chi connectivity index (χ4n) is 2.43. The minimum atomic E-state index is -0.208. The Hall–Kier alpha value is -1.39. The predicted molar refractivity (Wildman–Crippen MR) is 73.8 cm³/mol. The maximum Gasteiger partial charge on any atom is 0.246 e. The molecule has 0 bridgehead atoms. The zero-order valence-corrected chi connectivity index (χ0v) is 11.5. The van der Waals surface area contributed by atoms with E-state index in [1.165, 1.54) is 11.1 Å². The Morgan fingerprint density at radius 2 is 2.06 bits per heavy atom. The van der Waals surface area contributed by atoms with Crippen LogP contribution < -0.4 is 10.6 Å². The van der Waals surface area contributed by atoms with Gasteiger partial charge in [-0.05, 0) is 45.1 Å². The molecule has 1 unspecified atom stereocenters. The molecule has 18 heavy (non-hydrogen) atoms. The number of likely N-dealkylation sites (N-methyl/N-ethyl adjacent to an activating group) is 1. The average molecular weight is 247 g/mol. The molecule has 1 heterocycles. The SMILES string of the molecule is Cc1cc(C)c2c(c1)NC(=O)C2NCCN(C)C. The van der Waals surface area contributed by atoms with Crippen LogP contribution in [0.25, 0.3) is 0 Å². The summed E-state index contributed by atoms with van der Waals surface area (Å²) in [5.74, 6) is 0.0532. The monoisotopic (exact) mass is 247 g/mol. The first kappa shape index (κ1) is 13.1. The number of carbonyl (C=O) groups excluding carboxylic acids is 1. The lowest BCUT2D eigenvalue weighted by Crippen LogP contribution is -2.33. The van der Waals surface area contributed by atoms with Crippen molar-refractivity contribution in [3.8, 4) is 0 Å². The second-order valence-electron chi connectivity index (χ2n) is 5.22. The Kier molecular flexibility index (Phi) is 3.68. The lowest BCUT2D eigenvalue weighted by molar-refractivity contribution is -0.117. The number of aryl methyl sites for hydroxylation is 2. The van der Waals surface area contributed by atoms with Crippen LogP contribution in [-0.4, -0.2) is 38.0 Å². The van der Waals surface area contributed by atoms with E-state index in [1.807, 2.05) is 27.1 Å². The van der Waals surface area contributed by atoms with Gasteiger partial charge < -0.3 is 15.5 Å². The zero-order valence-electron chi connectivity index (χ0n) is 11.5. The number of hydrogen-bond acceptors (Lipinski definition) is 3. The predicted octanol–water partition coefficient (Wildman–Crippen LogP) is 1.45. The number of rotatable bonds is 4. The molecule has 1 aliphatic rings. The normalized spacial score (nSPS) is 18.1. The summed E-state index contributed by atoms with van der Waals surface area (Å²) in [4.78, 5) is 14.1. The molecule has 1 aliphatic heterocycles. The highest BCUT2D eigenvalue weighted by molar-refractivity contribution is 6.03. The molecule has 1 aromatic carbocycles. The fourth-order valence-corrected chi connectivity index (χ4v) is 2.43. The number of fused-ring (bicyclic) bond motifs is 1. The van der Waals surface area contributed by atoms with Gasteiger partial charge in [-0.2, -0.15) is 0 Å². The van der Waals surface area contributed by atoms with E-state index in [2.05, 4.69) is 28.5 Å². The highest BCUT2D eigenvalue weighted by Crippen LogP contribution is 2.34. The smallest absolute Gasteiger partial charge is 0.246 e. The van der Waals surface area contributed by atoms with Crippen molar-refractivity contribution in [1.29, 1.82) is 0 Å². The maximum absolute atomic E-state index is 12.0. The van der Waals surface area contributed by atoms with Crippen molar-refractivity contribution in [3.63, 3.8) is 0 Å². The van der Waals surface area contributed by atoms with Gasteiger partial charge in [0.15, 0.2) is 0 Å². The van der Waals surface area contributed by atoms with Crippen LogP contribution in [0.2, 0.25) is 0 Å². The van der Waals surface area contributed by atoms with Crippen LogP contribution in [0.4, 0.5) is 5.69 Å². The molecule has 1 aromatic rings. The van der Waals surface area contributed by atoms with Gasteiger partial charge >= 0.3 is 0 Å². The van der Waals surface area contributed by atoms with Crippen LogP contribution in [0.15, 0.2) is 12.1 Å². The van der Waals surface area contributed by atoms with Crippen LogP contribution >= 0.6 is 0 Å². The molecule has 2 rings (SSSR count). The quantitative estimate of drug-likeness (QED) is 0.846. The number of amides is 1. The third kappa shape index (κ3) is 2.54. The summed E-state index contributed by atoms with van der Waals surface area (Å²) < 4.78 is 0. The second kappa shape index (κ2) is 5.08. The van der Waals surface area contributed by atoms with Crippen molar-refractivity contribution in [1.82, 2.24) is 10.2 Å². The minimum absolute atomic E-state index is 0.0532. The minimum Gasteiger partial charge on any atom is -0.324 e. The molecule has 2 N–H and O–H groups in total. The van der Waals surface area contributed by atoms with E-state index < -0.39 is 0 Å². The Labute approximate surface area is 108 Å². The van der Waals surface area contributed by atoms with Gasteiger partial charge in [-0.3, -0.25) is 4.79 Å². The summed E-state index contributed by atoms with van der Waals surface area (Å²) in [5, 5.41) is 6.28. The van der Waals surface area contributed by atoms with Gasteiger partial charge in [-0.15, -0.1) is 0 Å². The molecule has 0 saturated heterocycles. The van der Waals surface area contributed by atoms with Gasteiger partial charge in [-0.1, -0.05) is 6.07 Å². The van der Waals surface area contributed by atoms with Crippen molar-refractivity contribution < 1.29 is 4.79 Å². The van der Waals surface area contributed by atoms with E-state index in [0.29, 0.717) is 0 Å². The fraction of sp³-hybridized carbons (Fsp3) is 0.500. The molecule has 0 radical (unpaired) electrons. The Morgan fingerprint density at radius 3 is 2.72 bits per heavy atom. The second-order valence-corrected chi connectivity index (χ2v) is 5.22. The summed E-state index contributed by atoms with van der Waals surface area (Å²) in [6.07, 6.45) is 0. The van der Waals surface area contributed by atoms with E-state index in [1.54, 1.807) is 0 Å². The molecular formula is C14H21N3O. The third-order valence-electron chi connectivity index (χ3n) is 3.25. The molecule has 1 amide bonds. The van der Waals surface area contributed by atoms with Crippen LogP contribution in [0, 0.1) is 13.8 Å². The number of hydrogen-bond donors (Lipinski definition) is 2. The molecule has 0 fully saturated rings. The summed E-state index contributed by atoms with van der Waals surface area (Å²) >= 11 is 0. The zero-order chi connectivity index (χ0) is 13.3. The Bertz CT molecular complexity index is 468. The largest absolute Gasteiger partial charge is 0.324 e. The van der Waals surface area contributed by atoms with Crippen LogP contribution in [0.3, 0.4) is 0 Å². The molecule has 0 aromatic heterocycles. The maximum atomic E-state index is 12.0. The number of carbonyl (C=O) groups is 1. The van der Waals surface area contributed by atoms with E-state index in [4.69, 9.17) is 0 Å². The van der Waals surface area contributed by atoms with Gasteiger partial charge in [0.2, 0.25) is 5.91 Å². The third-order valence-corrected chi connectivity index (χ3v) is 3.25. The molecule has 0 aliphatic carbocycles. The first-order valence-corrected chi connectivity index (χ1v) is 6.29. The molecule has 4 heteroatoms. The Balaban J connectivity index is 2.17. The molecule has 0 saturated carbocycles. The van der Waals surface area contributed by atoms with Gasteiger partial charge in [0, 0.05) is 24.3 Å². The number of anilines is 1. The number of benzene rings is 1. The van der Waals surface area contributed by atoms with E-state index in [0.717, 1.165) is 24.3 Å². The topological polar surface area (TPSA) is 44.4 Å². The highest BCUT2D eigenvalue weighted by atomic mass is 16.2. The van der Waals surface area contributed by atoms with Crippen molar-refractivity contribution in [3.05, 3.63) is 28.8 Å². The standard InChI is InChI=1S/C14H21N3O/c1-9-7-10(2)12-11(8-9)16-14(18)13(12)15-5-6-17(3)4/h7-8,13,15H,5-6H2,1-4H3,(H,16,18). The summed E-state index contributed by atoms with van der Waals surface area (Å²) in [6.45, 7) is 5.83. The number of nitrogens with one attached hydrogen (secondary N) is 2. The molecule has 0 spiro atoms. The van der Waals surface area contributed by atoms with E-state index in [-0.39, 0.29) is 11.9 Å². The van der Waals surface area contributed by atoms with Crippen molar-refractivity contribution in [2.75, 3.05) is 32.5 Å². The molecule has 4 nitrogen and oxygen atoms in total. The summed E-state index contributed by atoms with van der Waals surface area (Å²) in [5.41, 5.74) is 4.41. The molecular weight excluding hydrogens is 226 g/mol. The van der Waals surface area contributed by atoms with Crippen molar-refractivity contribution in [2.45, 2.75) is 19.9 Å². The lowest BCUT2D eigenvalue weighted by atomic mass is 10.00. The van der Waals surface area contributed by atoms with E-state index >= 15 is 0 Å². The number of nitrogens with zero attached hydrogens (tertiary/aromatic N) is 1. The van der Waals surface area contributed by atoms with Gasteiger partial charge in [0.1, 0.15) is 6.04 Å². The van der Waals surface area contributed by atoms with E-state index in [9.17, 15) is 4.79 Å². The first-order chi connectivity index (χ1) is 8.49. The van der Waals surface area contributed by atoms with Crippen molar-refractivity contribution in [2.24, 2.45) is 0 Å². The molecule has 98 valence electrons. The van der Waals surface area contributed by atoms with Crippen LogP contribution in [-0.2, 0) is 4.79 Å². The average Bonchev–Trinajstić information content (AvgIpc) is 2.54.